The van der Waals surface area contributed by atoms with E-state index in [9.17, 15) is 5.26 Å². The molecule has 0 amide bonds. The standard InChI is InChI=1S/C15H13NSe/c1-12-7-5-6-10-14(12)15(11-16)17-13-8-3-2-4-9-13/h2-10,15H,1H3. The molecule has 0 N–H and O–H groups in total. The van der Waals surface area contributed by atoms with Crippen molar-refractivity contribution in [2.24, 2.45) is 0 Å². The van der Waals surface area contributed by atoms with Gasteiger partial charge in [-0.25, -0.2) is 0 Å². The number of nitrogens with zero attached hydrogens (tertiary/aromatic N) is 1. The first-order valence-electron chi connectivity index (χ1n) is 5.48. The number of hydrogen-bond donors (Lipinski definition) is 0. The summed E-state index contributed by atoms with van der Waals surface area (Å²) < 4.78 is 1.27. The van der Waals surface area contributed by atoms with Gasteiger partial charge in [-0.15, -0.1) is 0 Å². The summed E-state index contributed by atoms with van der Waals surface area (Å²) in [6, 6.07) is 20.9. The molecule has 0 aliphatic heterocycles. The van der Waals surface area contributed by atoms with Crippen molar-refractivity contribution in [3.05, 3.63) is 65.7 Å². The summed E-state index contributed by atoms with van der Waals surface area (Å²) in [5.41, 5.74) is 2.37. The van der Waals surface area contributed by atoms with Gasteiger partial charge in [0.15, 0.2) is 0 Å². The van der Waals surface area contributed by atoms with Crippen molar-refractivity contribution in [1.29, 1.82) is 5.26 Å². The molecule has 0 fully saturated rings. The van der Waals surface area contributed by atoms with E-state index in [1.165, 1.54) is 15.6 Å². The Kier molecular flexibility index (Phi) is 3.98. The molecule has 1 nitrogen and oxygen atoms in total. The van der Waals surface area contributed by atoms with E-state index in [1.54, 1.807) is 0 Å². The molecule has 0 spiro atoms. The van der Waals surface area contributed by atoms with E-state index in [4.69, 9.17) is 0 Å². The summed E-state index contributed by atoms with van der Waals surface area (Å²) in [7, 11) is 0. The number of benzene rings is 2. The SMILES string of the molecule is Cc1ccccc1C(C#N)[Se]c1ccccc1. The predicted octanol–water partition coefficient (Wildman–Crippen LogP) is 2.59. The van der Waals surface area contributed by atoms with Crippen LogP contribution in [0.3, 0.4) is 0 Å². The average Bonchev–Trinajstić information content (AvgIpc) is 2.38. The second-order valence-electron chi connectivity index (χ2n) is 3.80. The number of nitriles is 1. The van der Waals surface area contributed by atoms with Gasteiger partial charge in [-0.05, 0) is 0 Å². The molecule has 2 aromatic rings. The number of rotatable bonds is 3. The molecule has 2 rings (SSSR count). The molecule has 2 aromatic carbocycles. The second-order valence-corrected chi connectivity index (χ2v) is 6.27. The Morgan fingerprint density at radius 1 is 1.00 bits per heavy atom. The summed E-state index contributed by atoms with van der Waals surface area (Å²) in [5, 5.41) is 9.33. The first kappa shape index (κ1) is 11.9. The van der Waals surface area contributed by atoms with Crippen LogP contribution in [0.1, 0.15) is 15.9 Å². The Balaban J connectivity index is 2.25. The minimum absolute atomic E-state index is 0.00565. The van der Waals surface area contributed by atoms with Crippen LogP contribution in [0.25, 0.3) is 0 Å². The van der Waals surface area contributed by atoms with Crippen molar-refractivity contribution in [2.45, 2.75) is 11.7 Å². The van der Waals surface area contributed by atoms with Crippen LogP contribution in [-0.2, 0) is 0 Å². The first-order valence-corrected chi connectivity index (χ1v) is 7.32. The Bertz CT molecular complexity index is 528. The van der Waals surface area contributed by atoms with Crippen molar-refractivity contribution in [3.63, 3.8) is 0 Å². The minimum atomic E-state index is 0.00565. The quantitative estimate of drug-likeness (QED) is 0.796. The van der Waals surface area contributed by atoms with Crippen molar-refractivity contribution in [3.8, 4) is 6.07 Å². The predicted molar refractivity (Wildman–Crippen MR) is 71.4 cm³/mol. The fourth-order valence-corrected chi connectivity index (χ4v) is 3.84. The van der Waals surface area contributed by atoms with Crippen LogP contribution in [0.15, 0.2) is 54.6 Å². The third-order valence-corrected chi connectivity index (χ3v) is 4.98. The van der Waals surface area contributed by atoms with E-state index in [2.05, 4.69) is 37.3 Å². The van der Waals surface area contributed by atoms with Gasteiger partial charge in [-0.1, -0.05) is 0 Å². The maximum atomic E-state index is 9.33. The average molecular weight is 286 g/mol. The van der Waals surface area contributed by atoms with Crippen molar-refractivity contribution in [1.82, 2.24) is 0 Å². The van der Waals surface area contributed by atoms with Gasteiger partial charge in [0, 0.05) is 0 Å². The van der Waals surface area contributed by atoms with Gasteiger partial charge >= 0.3 is 108 Å². The molecular formula is C15H13NSe. The van der Waals surface area contributed by atoms with Gasteiger partial charge in [-0.3, -0.25) is 0 Å². The fraction of sp³-hybridized carbons (Fsp3) is 0.133. The first-order chi connectivity index (χ1) is 8.31. The zero-order valence-electron chi connectivity index (χ0n) is 9.63. The van der Waals surface area contributed by atoms with Gasteiger partial charge < -0.3 is 0 Å². The summed E-state index contributed by atoms with van der Waals surface area (Å²) in [4.78, 5) is 0.00565. The van der Waals surface area contributed by atoms with E-state index in [1.807, 2.05) is 30.3 Å². The molecule has 1 unspecified atom stereocenters. The van der Waals surface area contributed by atoms with Crippen LogP contribution >= 0.6 is 0 Å². The topological polar surface area (TPSA) is 23.8 Å². The molecule has 2 heteroatoms. The van der Waals surface area contributed by atoms with Gasteiger partial charge in [-0.2, -0.15) is 0 Å². The molecule has 0 saturated carbocycles. The molecule has 0 aliphatic carbocycles. The molecule has 0 bridgehead atoms. The Labute approximate surface area is 108 Å². The van der Waals surface area contributed by atoms with Gasteiger partial charge in [0.2, 0.25) is 0 Å². The molecular weight excluding hydrogens is 273 g/mol. The van der Waals surface area contributed by atoms with E-state index in [0.29, 0.717) is 0 Å². The summed E-state index contributed by atoms with van der Waals surface area (Å²) in [5.74, 6) is 0. The van der Waals surface area contributed by atoms with E-state index < -0.39 is 0 Å². The molecule has 0 aromatic heterocycles. The Hall–Kier alpha value is -1.55. The summed E-state index contributed by atoms with van der Waals surface area (Å²) in [6.45, 7) is 2.07. The molecule has 1 atom stereocenters. The molecule has 0 aliphatic rings. The molecule has 17 heavy (non-hydrogen) atoms. The zero-order valence-corrected chi connectivity index (χ0v) is 11.3. The number of aryl methyl sites for hydroxylation is 1. The van der Waals surface area contributed by atoms with Crippen LogP contribution in [0.4, 0.5) is 0 Å². The van der Waals surface area contributed by atoms with Crippen LogP contribution in [0, 0.1) is 18.3 Å². The molecule has 0 radical (unpaired) electrons. The van der Waals surface area contributed by atoms with Crippen LogP contribution in [-0.4, -0.2) is 15.0 Å². The van der Waals surface area contributed by atoms with Crippen molar-refractivity contribution < 1.29 is 0 Å². The second kappa shape index (κ2) is 5.68. The normalized spacial score (nSPS) is 11.8. The Morgan fingerprint density at radius 3 is 2.29 bits per heavy atom. The number of hydrogen-bond acceptors (Lipinski definition) is 1. The third-order valence-electron chi connectivity index (χ3n) is 2.59. The Morgan fingerprint density at radius 2 is 1.65 bits per heavy atom. The summed E-state index contributed by atoms with van der Waals surface area (Å²) >= 11 is 0.169. The van der Waals surface area contributed by atoms with E-state index in [-0.39, 0.29) is 19.8 Å². The zero-order chi connectivity index (χ0) is 12.1. The molecule has 84 valence electrons. The monoisotopic (exact) mass is 287 g/mol. The van der Waals surface area contributed by atoms with Crippen molar-refractivity contribution >= 4 is 19.4 Å². The maximum absolute atomic E-state index is 9.33. The molecule has 0 saturated heterocycles. The van der Waals surface area contributed by atoms with Crippen LogP contribution in [0.5, 0.6) is 0 Å². The summed E-state index contributed by atoms with van der Waals surface area (Å²) in [6.07, 6.45) is 0. The fourth-order valence-electron chi connectivity index (χ4n) is 1.68. The van der Waals surface area contributed by atoms with Crippen LogP contribution in [0.2, 0.25) is 0 Å². The van der Waals surface area contributed by atoms with Gasteiger partial charge in [0.25, 0.3) is 0 Å². The molecule has 0 heterocycles. The van der Waals surface area contributed by atoms with Crippen LogP contribution < -0.4 is 4.46 Å². The van der Waals surface area contributed by atoms with E-state index in [0.717, 1.165) is 0 Å². The van der Waals surface area contributed by atoms with Gasteiger partial charge in [0.1, 0.15) is 0 Å². The van der Waals surface area contributed by atoms with Crippen molar-refractivity contribution in [2.75, 3.05) is 0 Å². The third kappa shape index (κ3) is 2.97. The van der Waals surface area contributed by atoms with E-state index >= 15 is 0 Å². The van der Waals surface area contributed by atoms with Gasteiger partial charge in [0.05, 0.1) is 0 Å².